The molecule has 6 heteroatoms. The van der Waals surface area contributed by atoms with Gasteiger partial charge in [-0.05, 0) is 38.8 Å². The van der Waals surface area contributed by atoms with Gasteiger partial charge in [-0.15, -0.1) is 0 Å². The third kappa shape index (κ3) is 4.21. The third-order valence-electron chi connectivity index (χ3n) is 4.30. The van der Waals surface area contributed by atoms with E-state index in [0.29, 0.717) is 39.0 Å². The van der Waals surface area contributed by atoms with Crippen molar-refractivity contribution in [3.8, 4) is 0 Å². The van der Waals surface area contributed by atoms with E-state index in [2.05, 4.69) is 5.32 Å². The zero-order chi connectivity index (χ0) is 16.8. The maximum atomic E-state index is 13.6. The van der Waals surface area contributed by atoms with Gasteiger partial charge in [0.15, 0.2) is 0 Å². The maximum Gasteiger partial charge on any atom is 0.319 e. The second-order valence-corrected chi connectivity index (χ2v) is 5.69. The molecular weight excluding hydrogens is 297 g/mol. The summed E-state index contributed by atoms with van der Waals surface area (Å²) in [6.45, 7) is 6.40. The van der Waals surface area contributed by atoms with E-state index in [1.807, 2.05) is 13.8 Å². The van der Waals surface area contributed by atoms with Gasteiger partial charge in [-0.2, -0.15) is 0 Å². The highest BCUT2D eigenvalue weighted by Crippen LogP contribution is 2.21. The molecule has 1 saturated heterocycles. The smallest absolute Gasteiger partial charge is 0.319 e. The monoisotopic (exact) mass is 321 g/mol. The molecule has 0 aromatic heterocycles. The molecule has 5 nitrogen and oxygen atoms in total. The van der Waals surface area contributed by atoms with Gasteiger partial charge in [0, 0.05) is 32.1 Å². The van der Waals surface area contributed by atoms with Gasteiger partial charge in [-0.3, -0.25) is 4.79 Å². The Balaban J connectivity index is 1.88. The largest absolute Gasteiger partial charge is 0.325 e. The zero-order valence-electron chi connectivity index (χ0n) is 13.7. The molecule has 1 aromatic rings. The first-order valence-electron chi connectivity index (χ1n) is 8.16. The van der Waals surface area contributed by atoms with E-state index in [1.54, 1.807) is 28.0 Å². The van der Waals surface area contributed by atoms with Crippen molar-refractivity contribution in [2.45, 2.75) is 26.7 Å². The van der Waals surface area contributed by atoms with Crippen LogP contribution in [0.5, 0.6) is 0 Å². The minimum atomic E-state index is -0.435. The van der Waals surface area contributed by atoms with E-state index in [9.17, 15) is 14.0 Å². The Morgan fingerprint density at radius 3 is 2.39 bits per heavy atom. The number of benzene rings is 1. The normalized spacial score (nSPS) is 15.3. The standard InChI is InChI=1S/C17H24FN3O2/c1-3-20(4-2)17(23)21-11-9-13(10-12-21)16(22)19-15-8-6-5-7-14(15)18/h5-8,13H,3-4,9-12H2,1-2H3,(H,19,22). The molecule has 1 aliphatic rings. The van der Waals surface area contributed by atoms with Crippen molar-refractivity contribution in [2.75, 3.05) is 31.5 Å². The summed E-state index contributed by atoms with van der Waals surface area (Å²) in [5.74, 6) is -0.796. The first kappa shape index (κ1) is 17.2. The summed E-state index contributed by atoms with van der Waals surface area (Å²) in [4.78, 5) is 28.1. The predicted molar refractivity (Wildman–Crippen MR) is 87.6 cm³/mol. The van der Waals surface area contributed by atoms with E-state index in [0.717, 1.165) is 0 Å². The minimum Gasteiger partial charge on any atom is -0.325 e. The molecule has 0 unspecified atom stereocenters. The molecular formula is C17H24FN3O2. The van der Waals surface area contributed by atoms with Crippen molar-refractivity contribution < 1.29 is 14.0 Å². The van der Waals surface area contributed by atoms with Crippen LogP contribution in [0, 0.1) is 11.7 Å². The number of nitrogens with one attached hydrogen (secondary N) is 1. The third-order valence-corrected chi connectivity index (χ3v) is 4.30. The van der Waals surface area contributed by atoms with Gasteiger partial charge >= 0.3 is 6.03 Å². The number of hydrogen-bond acceptors (Lipinski definition) is 2. The maximum absolute atomic E-state index is 13.6. The van der Waals surface area contributed by atoms with Gasteiger partial charge in [-0.1, -0.05) is 12.1 Å². The van der Waals surface area contributed by atoms with E-state index in [1.165, 1.54) is 6.07 Å². The lowest BCUT2D eigenvalue weighted by atomic mass is 9.96. The van der Waals surface area contributed by atoms with Crippen molar-refractivity contribution >= 4 is 17.6 Å². The number of anilines is 1. The number of nitrogens with zero attached hydrogens (tertiary/aromatic N) is 2. The van der Waals surface area contributed by atoms with Gasteiger partial charge in [0.2, 0.25) is 5.91 Å². The number of amides is 3. The Morgan fingerprint density at radius 1 is 1.22 bits per heavy atom. The van der Waals surface area contributed by atoms with E-state index < -0.39 is 5.82 Å². The lowest BCUT2D eigenvalue weighted by Gasteiger charge is -2.34. The molecule has 2 rings (SSSR count). The van der Waals surface area contributed by atoms with Gasteiger partial charge in [0.1, 0.15) is 5.82 Å². The lowest BCUT2D eigenvalue weighted by molar-refractivity contribution is -0.121. The lowest BCUT2D eigenvalue weighted by Crippen LogP contribution is -2.47. The summed E-state index contributed by atoms with van der Waals surface area (Å²) in [5.41, 5.74) is 0.208. The Morgan fingerprint density at radius 2 is 1.83 bits per heavy atom. The van der Waals surface area contributed by atoms with Crippen LogP contribution in [-0.4, -0.2) is 47.9 Å². The number of carbonyl (C=O) groups is 2. The fraction of sp³-hybridized carbons (Fsp3) is 0.529. The number of piperidine rings is 1. The van der Waals surface area contributed by atoms with Crippen molar-refractivity contribution in [1.82, 2.24) is 9.80 Å². The molecule has 0 spiro atoms. The summed E-state index contributed by atoms with van der Waals surface area (Å²) in [6.07, 6.45) is 1.21. The minimum absolute atomic E-state index is 0.0305. The highest BCUT2D eigenvalue weighted by molar-refractivity contribution is 5.92. The molecule has 3 amide bonds. The molecule has 0 aliphatic carbocycles. The second kappa shape index (κ2) is 7.94. The molecule has 1 fully saturated rings. The SMILES string of the molecule is CCN(CC)C(=O)N1CCC(C(=O)Nc2ccccc2F)CC1. The first-order valence-corrected chi connectivity index (χ1v) is 8.16. The molecule has 126 valence electrons. The van der Waals surface area contributed by atoms with Crippen LogP contribution < -0.4 is 5.32 Å². The number of urea groups is 1. The molecule has 1 aliphatic heterocycles. The molecule has 1 aromatic carbocycles. The number of hydrogen-bond donors (Lipinski definition) is 1. The number of rotatable bonds is 4. The summed E-state index contributed by atoms with van der Waals surface area (Å²) < 4.78 is 13.6. The average molecular weight is 321 g/mol. The van der Waals surface area contributed by atoms with Crippen LogP contribution in [0.4, 0.5) is 14.9 Å². The fourth-order valence-electron chi connectivity index (χ4n) is 2.82. The Kier molecular flexibility index (Phi) is 5.96. The highest BCUT2D eigenvalue weighted by atomic mass is 19.1. The fourth-order valence-corrected chi connectivity index (χ4v) is 2.82. The summed E-state index contributed by atoms with van der Waals surface area (Å²) in [6, 6.07) is 6.17. The Bertz CT molecular complexity index is 553. The predicted octanol–water partition coefficient (Wildman–Crippen LogP) is 2.94. The quantitative estimate of drug-likeness (QED) is 0.927. The Hall–Kier alpha value is -2.11. The Labute approximate surface area is 136 Å². The van der Waals surface area contributed by atoms with Gasteiger partial charge in [0.05, 0.1) is 5.69 Å². The van der Waals surface area contributed by atoms with Gasteiger partial charge in [-0.25, -0.2) is 9.18 Å². The van der Waals surface area contributed by atoms with Crippen LogP contribution in [0.1, 0.15) is 26.7 Å². The van der Waals surface area contributed by atoms with E-state index in [-0.39, 0.29) is 23.5 Å². The first-order chi connectivity index (χ1) is 11.1. The molecule has 0 saturated carbocycles. The summed E-state index contributed by atoms with van der Waals surface area (Å²) in [7, 11) is 0. The van der Waals surface area contributed by atoms with Crippen molar-refractivity contribution in [2.24, 2.45) is 5.92 Å². The van der Waals surface area contributed by atoms with Gasteiger partial charge in [0.25, 0.3) is 0 Å². The van der Waals surface area contributed by atoms with E-state index in [4.69, 9.17) is 0 Å². The second-order valence-electron chi connectivity index (χ2n) is 5.69. The van der Waals surface area contributed by atoms with Crippen LogP contribution in [-0.2, 0) is 4.79 Å². The van der Waals surface area contributed by atoms with Crippen molar-refractivity contribution in [1.29, 1.82) is 0 Å². The number of halogens is 1. The topological polar surface area (TPSA) is 52.7 Å². The van der Waals surface area contributed by atoms with Crippen LogP contribution in [0.3, 0.4) is 0 Å². The van der Waals surface area contributed by atoms with Crippen LogP contribution in [0.15, 0.2) is 24.3 Å². The molecule has 1 N–H and O–H groups in total. The molecule has 23 heavy (non-hydrogen) atoms. The number of para-hydroxylation sites is 1. The average Bonchev–Trinajstić information content (AvgIpc) is 2.58. The van der Waals surface area contributed by atoms with Crippen LogP contribution in [0.2, 0.25) is 0 Å². The van der Waals surface area contributed by atoms with Crippen LogP contribution >= 0.6 is 0 Å². The van der Waals surface area contributed by atoms with E-state index >= 15 is 0 Å². The highest BCUT2D eigenvalue weighted by Gasteiger charge is 2.29. The number of likely N-dealkylation sites (tertiary alicyclic amines) is 1. The summed E-state index contributed by atoms with van der Waals surface area (Å²) in [5, 5.41) is 2.64. The summed E-state index contributed by atoms with van der Waals surface area (Å²) >= 11 is 0. The molecule has 0 radical (unpaired) electrons. The zero-order valence-corrected chi connectivity index (χ0v) is 13.7. The van der Waals surface area contributed by atoms with Crippen LogP contribution in [0.25, 0.3) is 0 Å². The molecule has 0 bridgehead atoms. The molecule has 1 heterocycles. The molecule has 0 atom stereocenters. The van der Waals surface area contributed by atoms with Crippen molar-refractivity contribution in [3.05, 3.63) is 30.1 Å². The van der Waals surface area contributed by atoms with Gasteiger partial charge < -0.3 is 15.1 Å². The van der Waals surface area contributed by atoms with Crippen molar-refractivity contribution in [3.63, 3.8) is 0 Å². The number of carbonyl (C=O) groups excluding carboxylic acids is 2.